The first-order valence-electron chi connectivity index (χ1n) is 6.20. The molecule has 3 rings (SSSR count). The number of fused-ring (bicyclic) bond motifs is 1. The van der Waals surface area contributed by atoms with Crippen LogP contribution in [0, 0.1) is 12.7 Å². The quantitative estimate of drug-likeness (QED) is 0.710. The van der Waals surface area contributed by atoms with Crippen molar-refractivity contribution >= 4 is 27.1 Å². The van der Waals surface area contributed by atoms with E-state index in [0.717, 1.165) is 5.56 Å². The number of thiophene rings is 1. The van der Waals surface area contributed by atoms with Gasteiger partial charge in [0.25, 0.3) is 0 Å². The van der Waals surface area contributed by atoms with E-state index in [2.05, 4.69) is 22.8 Å². The van der Waals surface area contributed by atoms with Crippen LogP contribution >= 0.6 is 11.3 Å². The van der Waals surface area contributed by atoms with E-state index in [1.807, 2.05) is 25.1 Å². The molecule has 0 aliphatic carbocycles. The van der Waals surface area contributed by atoms with E-state index in [1.54, 1.807) is 17.4 Å². The second-order valence-corrected chi connectivity index (χ2v) is 5.45. The Morgan fingerprint density at radius 2 is 1.95 bits per heavy atom. The summed E-state index contributed by atoms with van der Waals surface area (Å²) in [6, 6.07) is 13.4. The minimum absolute atomic E-state index is 0.195. The molecular formula is C16H14FNS. The van der Waals surface area contributed by atoms with Crippen molar-refractivity contribution in [3.05, 3.63) is 64.8 Å². The number of para-hydroxylation sites is 1. The van der Waals surface area contributed by atoms with Crippen LogP contribution in [0.5, 0.6) is 0 Å². The molecule has 1 nitrogen and oxygen atoms in total. The smallest absolute Gasteiger partial charge is 0.146 e. The van der Waals surface area contributed by atoms with Crippen molar-refractivity contribution in [2.75, 3.05) is 5.32 Å². The second kappa shape index (κ2) is 5.02. The van der Waals surface area contributed by atoms with E-state index in [-0.39, 0.29) is 5.82 Å². The van der Waals surface area contributed by atoms with Crippen LogP contribution in [0.2, 0.25) is 0 Å². The van der Waals surface area contributed by atoms with Gasteiger partial charge in [-0.05, 0) is 40.9 Å². The van der Waals surface area contributed by atoms with Crippen molar-refractivity contribution < 1.29 is 4.39 Å². The Balaban J connectivity index is 1.87. The fraction of sp³-hybridized carbons (Fsp3) is 0.125. The zero-order valence-corrected chi connectivity index (χ0v) is 11.4. The largest absolute Gasteiger partial charge is 0.378 e. The third-order valence-corrected chi connectivity index (χ3v) is 4.25. The molecule has 3 heteroatoms. The number of anilines is 1. The van der Waals surface area contributed by atoms with Gasteiger partial charge >= 0.3 is 0 Å². The number of hydrogen-bond donors (Lipinski definition) is 1. The first-order chi connectivity index (χ1) is 9.25. The van der Waals surface area contributed by atoms with Gasteiger partial charge in [-0.1, -0.05) is 30.3 Å². The molecule has 1 heterocycles. The molecule has 0 radical (unpaired) electrons. The standard InChI is InChI=1S/C16H14FNS/c1-11-5-4-7-14(17)16(11)18-9-12-10-19-15-8-3-2-6-13(12)15/h2-8,10,18H,9H2,1H3. The summed E-state index contributed by atoms with van der Waals surface area (Å²) in [5.74, 6) is -0.195. The monoisotopic (exact) mass is 271 g/mol. The third-order valence-electron chi connectivity index (χ3n) is 3.24. The van der Waals surface area contributed by atoms with Gasteiger partial charge in [0.15, 0.2) is 0 Å². The van der Waals surface area contributed by atoms with Gasteiger partial charge in [0.1, 0.15) is 5.82 Å². The first kappa shape index (κ1) is 12.2. The van der Waals surface area contributed by atoms with E-state index in [4.69, 9.17) is 0 Å². The lowest BCUT2D eigenvalue weighted by Crippen LogP contribution is -2.02. The van der Waals surface area contributed by atoms with Crippen LogP contribution in [0.4, 0.5) is 10.1 Å². The average molecular weight is 271 g/mol. The number of benzene rings is 2. The van der Waals surface area contributed by atoms with Gasteiger partial charge in [0.2, 0.25) is 0 Å². The Morgan fingerprint density at radius 1 is 1.11 bits per heavy atom. The Labute approximate surface area is 115 Å². The van der Waals surface area contributed by atoms with Crippen LogP contribution < -0.4 is 5.32 Å². The van der Waals surface area contributed by atoms with Gasteiger partial charge in [-0.15, -0.1) is 11.3 Å². The number of nitrogens with one attached hydrogen (secondary N) is 1. The van der Waals surface area contributed by atoms with Crippen LogP contribution in [0.3, 0.4) is 0 Å². The minimum Gasteiger partial charge on any atom is -0.378 e. The summed E-state index contributed by atoms with van der Waals surface area (Å²) in [6.07, 6.45) is 0. The Hall–Kier alpha value is -1.87. The summed E-state index contributed by atoms with van der Waals surface area (Å²) in [5, 5.41) is 6.58. The minimum atomic E-state index is -0.195. The maximum Gasteiger partial charge on any atom is 0.146 e. The normalized spacial score (nSPS) is 10.8. The van der Waals surface area contributed by atoms with Gasteiger partial charge in [0.05, 0.1) is 5.69 Å². The van der Waals surface area contributed by atoms with Crippen LogP contribution in [-0.4, -0.2) is 0 Å². The number of aryl methyl sites for hydroxylation is 1. The number of hydrogen-bond acceptors (Lipinski definition) is 2. The highest BCUT2D eigenvalue weighted by atomic mass is 32.1. The molecule has 3 aromatic rings. The van der Waals surface area contributed by atoms with E-state index in [9.17, 15) is 4.39 Å². The fourth-order valence-electron chi connectivity index (χ4n) is 2.21. The molecule has 0 amide bonds. The SMILES string of the molecule is Cc1cccc(F)c1NCc1csc2ccccc12. The molecule has 0 spiro atoms. The van der Waals surface area contributed by atoms with Crippen molar-refractivity contribution in [3.8, 4) is 0 Å². The molecule has 0 atom stereocenters. The molecule has 0 aliphatic rings. The predicted octanol–water partition coefficient (Wildman–Crippen LogP) is 4.96. The van der Waals surface area contributed by atoms with E-state index < -0.39 is 0 Å². The first-order valence-corrected chi connectivity index (χ1v) is 7.08. The highest BCUT2D eigenvalue weighted by Crippen LogP contribution is 2.27. The van der Waals surface area contributed by atoms with Gasteiger partial charge in [-0.3, -0.25) is 0 Å². The molecule has 0 aliphatic heterocycles. The summed E-state index contributed by atoms with van der Waals surface area (Å²) in [4.78, 5) is 0. The van der Waals surface area contributed by atoms with Gasteiger partial charge in [-0.2, -0.15) is 0 Å². The molecule has 2 aromatic carbocycles. The Morgan fingerprint density at radius 3 is 2.79 bits per heavy atom. The van der Waals surface area contributed by atoms with Gasteiger partial charge in [-0.25, -0.2) is 4.39 Å². The van der Waals surface area contributed by atoms with Crippen LogP contribution in [0.15, 0.2) is 47.8 Å². The number of rotatable bonds is 3. The molecular weight excluding hydrogens is 257 g/mol. The zero-order valence-electron chi connectivity index (χ0n) is 10.6. The maximum absolute atomic E-state index is 13.7. The molecule has 0 bridgehead atoms. The molecule has 1 N–H and O–H groups in total. The van der Waals surface area contributed by atoms with E-state index >= 15 is 0 Å². The van der Waals surface area contributed by atoms with Crippen molar-refractivity contribution in [3.63, 3.8) is 0 Å². The molecule has 19 heavy (non-hydrogen) atoms. The van der Waals surface area contributed by atoms with Crippen molar-refractivity contribution in [1.29, 1.82) is 0 Å². The van der Waals surface area contributed by atoms with E-state index in [0.29, 0.717) is 12.2 Å². The predicted molar refractivity (Wildman–Crippen MR) is 80.3 cm³/mol. The zero-order chi connectivity index (χ0) is 13.2. The summed E-state index contributed by atoms with van der Waals surface area (Å²) >= 11 is 1.72. The van der Waals surface area contributed by atoms with Crippen LogP contribution in [0.25, 0.3) is 10.1 Å². The maximum atomic E-state index is 13.7. The average Bonchev–Trinajstić information content (AvgIpc) is 2.82. The second-order valence-electron chi connectivity index (χ2n) is 4.54. The summed E-state index contributed by atoms with van der Waals surface area (Å²) in [6.45, 7) is 2.56. The van der Waals surface area contributed by atoms with Crippen LogP contribution in [-0.2, 0) is 6.54 Å². The highest BCUT2D eigenvalue weighted by Gasteiger charge is 2.07. The topological polar surface area (TPSA) is 12.0 Å². The molecule has 0 saturated carbocycles. The Kier molecular flexibility index (Phi) is 3.22. The van der Waals surface area contributed by atoms with Crippen molar-refractivity contribution in [2.45, 2.75) is 13.5 Å². The lowest BCUT2D eigenvalue weighted by molar-refractivity contribution is 0.629. The molecule has 0 unspecified atom stereocenters. The molecule has 1 aromatic heterocycles. The highest BCUT2D eigenvalue weighted by molar-refractivity contribution is 7.17. The summed E-state index contributed by atoms with van der Waals surface area (Å²) in [7, 11) is 0. The number of halogens is 1. The van der Waals surface area contributed by atoms with Crippen LogP contribution in [0.1, 0.15) is 11.1 Å². The Bertz CT molecular complexity index is 697. The fourth-order valence-corrected chi connectivity index (χ4v) is 3.17. The summed E-state index contributed by atoms with van der Waals surface area (Å²) < 4.78 is 15.0. The molecule has 0 fully saturated rings. The third kappa shape index (κ3) is 2.34. The molecule has 96 valence electrons. The lowest BCUT2D eigenvalue weighted by atomic mass is 10.1. The van der Waals surface area contributed by atoms with E-state index in [1.165, 1.54) is 21.7 Å². The van der Waals surface area contributed by atoms with Crippen molar-refractivity contribution in [1.82, 2.24) is 0 Å². The summed E-state index contributed by atoms with van der Waals surface area (Å²) in [5.41, 5.74) is 2.74. The molecule has 0 saturated heterocycles. The lowest BCUT2D eigenvalue weighted by Gasteiger charge is -2.10. The van der Waals surface area contributed by atoms with Gasteiger partial charge in [0, 0.05) is 11.2 Å². The van der Waals surface area contributed by atoms with Gasteiger partial charge < -0.3 is 5.32 Å². The van der Waals surface area contributed by atoms with Crippen molar-refractivity contribution in [2.24, 2.45) is 0 Å².